The van der Waals surface area contributed by atoms with E-state index < -0.39 is 0 Å². The lowest BCUT2D eigenvalue weighted by Gasteiger charge is -2.04. The van der Waals surface area contributed by atoms with E-state index in [-0.39, 0.29) is 0 Å². The number of nitrogens with zero attached hydrogens (tertiary/aromatic N) is 1. The number of hydrogen-bond acceptors (Lipinski definition) is 2. The fourth-order valence-corrected chi connectivity index (χ4v) is 1.38. The van der Waals surface area contributed by atoms with Gasteiger partial charge in [-0.25, -0.2) is 4.98 Å². The minimum atomic E-state index is 0.564. The van der Waals surface area contributed by atoms with Gasteiger partial charge in [0.1, 0.15) is 6.26 Å². The fraction of sp³-hybridized carbons (Fsp3) is 0.357. The number of aromatic nitrogens is 1. The van der Waals surface area contributed by atoms with E-state index in [2.05, 4.69) is 31.0 Å². The van der Waals surface area contributed by atoms with Crippen LogP contribution in [0.4, 0.5) is 0 Å². The van der Waals surface area contributed by atoms with Gasteiger partial charge in [0.15, 0.2) is 0 Å². The van der Waals surface area contributed by atoms with Crippen molar-refractivity contribution in [1.82, 2.24) is 4.98 Å². The highest BCUT2D eigenvalue weighted by molar-refractivity contribution is 5.53. The molecule has 0 fully saturated rings. The van der Waals surface area contributed by atoms with E-state index in [1.165, 1.54) is 5.56 Å². The van der Waals surface area contributed by atoms with Gasteiger partial charge in [-0.3, -0.25) is 0 Å². The second-order valence-electron chi connectivity index (χ2n) is 3.61. The van der Waals surface area contributed by atoms with Crippen LogP contribution in [0.15, 0.2) is 41.1 Å². The lowest BCUT2D eigenvalue weighted by molar-refractivity contribution is 0.574. The Morgan fingerprint density at radius 3 is 2.12 bits per heavy atom. The van der Waals surface area contributed by atoms with Crippen LogP contribution in [0.3, 0.4) is 0 Å². The molecule has 0 atom stereocenters. The predicted octanol–water partition coefficient (Wildman–Crippen LogP) is 4.49. The molecule has 2 nitrogen and oxygen atoms in total. The van der Waals surface area contributed by atoms with Crippen LogP contribution in [0.5, 0.6) is 0 Å². The van der Waals surface area contributed by atoms with Gasteiger partial charge in [-0.2, -0.15) is 0 Å². The molecule has 0 N–H and O–H groups in total. The fourth-order valence-electron chi connectivity index (χ4n) is 1.38. The van der Waals surface area contributed by atoms with Gasteiger partial charge in [0, 0.05) is 5.56 Å². The zero-order chi connectivity index (χ0) is 12.0. The van der Waals surface area contributed by atoms with Gasteiger partial charge < -0.3 is 4.42 Å². The topological polar surface area (TPSA) is 26.0 Å². The Morgan fingerprint density at radius 2 is 1.69 bits per heavy atom. The highest BCUT2D eigenvalue weighted by Gasteiger charge is 2.03. The molecule has 0 unspecified atom stereocenters. The minimum absolute atomic E-state index is 0.564. The van der Waals surface area contributed by atoms with E-state index in [1.807, 2.05) is 26.0 Å². The molecule has 2 heteroatoms. The summed E-state index contributed by atoms with van der Waals surface area (Å²) in [5.74, 6) is 1.24. The molecule has 2 rings (SSSR count). The maximum atomic E-state index is 5.21. The van der Waals surface area contributed by atoms with Crippen LogP contribution in [-0.2, 0) is 0 Å². The molecule has 0 spiro atoms. The molecule has 1 heterocycles. The summed E-state index contributed by atoms with van der Waals surface area (Å²) in [4.78, 5) is 4.09. The first-order chi connectivity index (χ1) is 7.77. The highest BCUT2D eigenvalue weighted by Crippen LogP contribution is 2.20. The molecule has 0 saturated heterocycles. The van der Waals surface area contributed by atoms with Gasteiger partial charge >= 0.3 is 0 Å². The standard InChI is InChI=1S/C12H13NO.C2H6/c1-9(2)10-3-5-11(6-4-10)12-13-7-8-14-12;1-2/h3-9H,1-2H3;1-2H3. The average molecular weight is 217 g/mol. The summed E-state index contributed by atoms with van der Waals surface area (Å²) in [7, 11) is 0. The minimum Gasteiger partial charge on any atom is -0.445 e. The molecule has 16 heavy (non-hydrogen) atoms. The first kappa shape index (κ1) is 12.5. The van der Waals surface area contributed by atoms with Crippen LogP contribution in [0.2, 0.25) is 0 Å². The number of oxazole rings is 1. The zero-order valence-corrected chi connectivity index (χ0v) is 10.4. The summed E-state index contributed by atoms with van der Waals surface area (Å²) in [6.45, 7) is 8.36. The summed E-state index contributed by atoms with van der Waals surface area (Å²) in [5.41, 5.74) is 2.36. The summed E-state index contributed by atoms with van der Waals surface area (Å²) in [5, 5.41) is 0. The third-order valence-electron chi connectivity index (χ3n) is 2.26. The van der Waals surface area contributed by atoms with Crippen LogP contribution < -0.4 is 0 Å². The summed E-state index contributed by atoms with van der Waals surface area (Å²) in [6.07, 6.45) is 3.25. The van der Waals surface area contributed by atoms with Crippen molar-refractivity contribution < 1.29 is 4.42 Å². The van der Waals surface area contributed by atoms with Crippen molar-refractivity contribution in [3.8, 4) is 11.5 Å². The van der Waals surface area contributed by atoms with Crippen molar-refractivity contribution in [3.63, 3.8) is 0 Å². The second kappa shape index (κ2) is 6.11. The molecular formula is C14H19NO. The lowest BCUT2D eigenvalue weighted by Crippen LogP contribution is -1.86. The zero-order valence-electron chi connectivity index (χ0n) is 10.4. The van der Waals surface area contributed by atoms with Gasteiger partial charge in [-0.1, -0.05) is 39.8 Å². The Hall–Kier alpha value is -1.57. The Kier molecular flexibility index (Phi) is 4.77. The molecule has 1 aromatic carbocycles. The van der Waals surface area contributed by atoms with Crippen molar-refractivity contribution >= 4 is 0 Å². The molecule has 1 aromatic heterocycles. The molecule has 0 aliphatic heterocycles. The highest BCUT2D eigenvalue weighted by atomic mass is 16.3. The lowest BCUT2D eigenvalue weighted by atomic mass is 10.0. The summed E-state index contributed by atoms with van der Waals surface area (Å²) < 4.78 is 5.21. The molecule has 0 saturated carbocycles. The first-order valence-electron chi connectivity index (χ1n) is 5.77. The second-order valence-corrected chi connectivity index (χ2v) is 3.61. The normalized spacial score (nSPS) is 9.81. The van der Waals surface area contributed by atoms with E-state index in [1.54, 1.807) is 12.5 Å². The Balaban J connectivity index is 0.000000606. The van der Waals surface area contributed by atoms with Crippen LogP contribution in [-0.4, -0.2) is 4.98 Å². The van der Waals surface area contributed by atoms with Gasteiger partial charge in [0.05, 0.1) is 6.20 Å². The van der Waals surface area contributed by atoms with Crippen LogP contribution >= 0.6 is 0 Å². The first-order valence-corrected chi connectivity index (χ1v) is 5.77. The average Bonchev–Trinajstić information content (AvgIpc) is 2.85. The predicted molar refractivity (Wildman–Crippen MR) is 67.4 cm³/mol. The van der Waals surface area contributed by atoms with E-state index >= 15 is 0 Å². The maximum Gasteiger partial charge on any atom is 0.225 e. The van der Waals surface area contributed by atoms with Gasteiger partial charge in [0.2, 0.25) is 5.89 Å². The van der Waals surface area contributed by atoms with Crippen LogP contribution in [0, 0.1) is 0 Å². The van der Waals surface area contributed by atoms with Crippen LogP contribution in [0.25, 0.3) is 11.5 Å². The Morgan fingerprint density at radius 1 is 1.06 bits per heavy atom. The Bertz CT molecular complexity index is 387. The maximum absolute atomic E-state index is 5.21. The third-order valence-corrected chi connectivity index (χ3v) is 2.26. The molecule has 0 radical (unpaired) electrons. The van der Waals surface area contributed by atoms with Crippen molar-refractivity contribution in [1.29, 1.82) is 0 Å². The van der Waals surface area contributed by atoms with Gasteiger partial charge in [0.25, 0.3) is 0 Å². The largest absolute Gasteiger partial charge is 0.445 e. The molecule has 2 aromatic rings. The molecule has 86 valence electrons. The molecular weight excluding hydrogens is 198 g/mol. The summed E-state index contributed by atoms with van der Waals surface area (Å²) in [6, 6.07) is 8.32. The van der Waals surface area contributed by atoms with Crippen molar-refractivity contribution in [2.24, 2.45) is 0 Å². The molecule has 0 aliphatic rings. The van der Waals surface area contributed by atoms with E-state index in [9.17, 15) is 0 Å². The number of rotatable bonds is 2. The van der Waals surface area contributed by atoms with Crippen molar-refractivity contribution in [2.45, 2.75) is 33.6 Å². The quantitative estimate of drug-likeness (QED) is 0.740. The third kappa shape index (κ3) is 2.96. The van der Waals surface area contributed by atoms with Crippen molar-refractivity contribution in [2.75, 3.05) is 0 Å². The van der Waals surface area contributed by atoms with Gasteiger partial charge in [-0.05, 0) is 23.6 Å². The Labute approximate surface area is 97.3 Å². The summed E-state index contributed by atoms with van der Waals surface area (Å²) >= 11 is 0. The number of hydrogen-bond donors (Lipinski definition) is 0. The van der Waals surface area contributed by atoms with Crippen LogP contribution in [0.1, 0.15) is 39.2 Å². The molecule has 0 aliphatic carbocycles. The van der Waals surface area contributed by atoms with Crippen molar-refractivity contribution in [3.05, 3.63) is 42.3 Å². The molecule has 0 amide bonds. The van der Waals surface area contributed by atoms with E-state index in [0.29, 0.717) is 11.8 Å². The van der Waals surface area contributed by atoms with E-state index in [0.717, 1.165) is 5.56 Å². The number of benzene rings is 1. The van der Waals surface area contributed by atoms with Gasteiger partial charge in [-0.15, -0.1) is 0 Å². The monoisotopic (exact) mass is 217 g/mol. The van der Waals surface area contributed by atoms with E-state index in [4.69, 9.17) is 4.42 Å². The smallest absolute Gasteiger partial charge is 0.225 e. The SMILES string of the molecule is CC.CC(C)c1ccc(-c2ncco2)cc1. The molecule has 0 bridgehead atoms.